The van der Waals surface area contributed by atoms with Crippen molar-refractivity contribution in [2.45, 2.75) is 102 Å². The van der Waals surface area contributed by atoms with Gasteiger partial charge in [-0.3, -0.25) is 9.59 Å². The van der Waals surface area contributed by atoms with Gasteiger partial charge < -0.3 is 25.0 Å². The molecule has 5 atom stereocenters. The molecule has 2 aliphatic heterocycles. The number of ether oxygens (including phenoxy) is 2. The molecule has 7 nitrogen and oxygen atoms in total. The van der Waals surface area contributed by atoms with Gasteiger partial charge in [0.15, 0.2) is 0 Å². The van der Waals surface area contributed by atoms with Gasteiger partial charge in [0, 0.05) is 19.4 Å². The zero-order valence-electron chi connectivity index (χ0n) is 20.8. The van der Waals surface area contributed by atoms with Gasteiger partial charge in [0.2, 0.25) is 5.91 Å². The monoisotopic (exact) mass is 477 g/mol. The molecule has 3 N–H and O–H groups in total. The summed E-state index contributed by atoms with van der Waals surface area (Å²) in [5.74, 6) is -0.209. The number of esters is 1. The first-order valence-corrected chi connectivity index (χ1v) is 12.7. The van der Waals surface area contributed by atoms with Crippen molar-refractivity contribution in [3.63, 3.8) is 0 Å². The van der Waals surface area contributed by atoms with E-state index in [1.807, 2.05) is 19.1 Å². The zero-order chi connectivity index (χ0) is 24.9. The first kappa shape index (κ1) is 28.3. The molecular weight excluding hydrogens is 434 g/mol. The Hall–Kier alpha value is -1.96. The Bertz CT molecular complexity index is 731. The maximum atomic E-state index is 12.4. The zero-order valence-corrected chi connectivity index (χ0v) is 20.8. The highest BCUT2D eigenvalue weighted by molar-refractivity contribution is 5.76. The third kappa shape index (κ3) is 11.4. The van der Waals surface area contributed by atoms with Gasteiger partial charge in [0.05, 0.1) is 18.8 Å². The molecule has 2 heterocycles. The van der Waals surface area contributed by atoms with Crippen molar-refractivity contribution in [3.05, 3.63) is 36.0 Å². The van der Waals surface area contributed by atoms with E-state index >= 15 is 0 Å². The van der Waals surface area contributed by atoms with Crippen molar-refractivity contribution in [1.29, 1.82) is 0 Å². The van der Waals surface area contributed by atoms with E-state index in [1.165, 1.54) is 5.57 Å². The molecular formula is C27H43NO6. The predicted octanol–water partition coefficient (Wildman–Crippen LogP) is 3.74. The molecule has 0 spiro atoms. The van der Waals surface area contributed by atoms with Crippen LogP contribution in [0.2, 0.25) is 0 Å². The quantitative estimate of drug-likeness (QED) is 0.422. The topological polar surface area (TPSA) is 105 Å². The molecule has 0 unspecified atom stereocenters. The molecule has 0 aromatic carbocycles. The van der Waals surface area contributed by atoms with Crippen LogP contribution in [0.5, 0.6) is 0 Å². The number of carbonyl (C=O) groups is 2. The summed E-state index contributed by atoms with van der Waals surface area (Å²) < 4.78 is 11.3. The normalized spacial score (nSPS) is 30.6. The van der Waals surface area contributed by atoms with E-state index in [2.05, 4.69) is 18.8 Å². The molecule has 2 aliphatic rings. The second-order valence-electron chi connectivity index (χ2n) is 9.89. The lowest BCUT2D eigenvalue weighted by Crippen LogP contribution is -2.31. The van der Waals surface area contributed by atoms with E-state index in [-0.39, 0.29) is 30.3 Å². The summed E-state index contributed by atoms with van der Waals surface area (Å²) in [6, 6.07) is 0. The van der Waals surface area contributed by atoms with Gasteiger partial charge in [0.1, 0.15) is 12.2 Å². The molecule has 0 aromatic heterocycles. The number of amides is 1. The Morgan fingerprint density at radius 3 is 2.71 bits per heavy atom. The van der Waals surface area contributed by atoms with E-state index < -0.39 is 18.3 Å². The van der Waals surface area contributed by atoms with Crippen molar-refractivity contribution in [2.24, 2.45) is 5.92 Å². The van der Waals surface area contributed by atoms with E-state index in [0.29, 0.717) is 64.5 Å². The third-order valence-corrected chi connectivity index (χ3v) is 6.30. The number of cyclic esters (lactones) is 1. The Kier molecular flexibility index (Phi) is 12.6. The number of aliphatic hydroxyl groups is 2. The van der Waals surface area contributed by atoms with E-state index in [9.17, 15) is 19.8 Å². The molecule has 1 saturated heterocycles. The van der Waals surface area contributed by atoms with Crippen molar-refractivity contribution >= 4 is 11.9 Å². The summed E-state index contributed by atoms with van der Waals surface area (Å²) in [4.78, 5) is 24.5. The van der Waals surface area contributed by atoms with Crippen LogP contribution in [0.1, 0.15) is 78.1 Å². The predicted molar refractivity (Wildman–Crippen MR) is 132 cm³/mol. The van der Waals surface area contributed by atoms with Crippen LogP contribution in [0.15, 0.2) is 36.0 Å². The Morgan fingerprint density at radius 1 is 1.15 bits per heavy atom. The van der Waals surface area contributed by atoms with Crippen molar-refractivity contribution in [3.8, 4) is 0 Å². The summed E-state index contributed by atoms with van der Waals surface area (Å²) in [5, 5.41) is 24.1. The largest absolute Gasteiger partial charge is 0.459 e. The van der Waals surface area contributed by atoms with E-state index in [4.69, 9.17) is 9.47 Å². The fourth-order valence-corrected chi connectivity index (χ4v) is 4.44. The van der Waals surface area contributed by atoms with Gasteiger partial charge in [-0.2, -0.15) is 0 Å². The molecule has 1 fully saturated rings. The minimum atomic E-state index is -0.948. The minimum Gasteiger partial charge on any atom is -0.459 e. The van der Waals surface area contributed by atoms with E-state index in [0.717, 1.165) is 12.0 Å². The number of hydrogen-bond acceptors (Lipinski definition) is 6. The molecule has 0 aromatic rings. The highest BCUT2D eigenvalue weighted by Gasteiger charge is 2.23. The first-order chi connectivity index (χ1) is 16.2. The molecule has 0 aliphatic carbocycles. The summed E-state index contributed by atoms with van der Waals surface area (Å²) >= 11 is 0. The summed E-state index contributed by atoms with van der Waals surface area (Å²) in [6.45, 7) is 9.21. The molecule has 34 heavy (non-hydrogen) atoms. The standard InChI is InChI=1S/C27H43NO6/c1-19-12-14-33-23(17-19)10-11-24(30)25-8-6-7-22(29)16-20(2)15-21(3)18-26(31)28-13-5-4-9-27(32)34-25/h10-12,21-25,29-30H,2,4-9,13-18H2,1,3H3,(H,28,31)/b11-10+/t21-,22+,23+,24-,25-/m0/s1. The van der Waals surface area contributed by atoms with Crippen molar-refractivity contribution in [1.82, 2.24) is 5.32 Å². The number of aliphatic hydroxyl groups excluding tert-OH is 2. The lowest BCUT2D eigenvalue weighted by molar-refractivity contribution is -0.154. The van der Waals surface area contributed by atoms with Crippen LogP contribution < -0.4 is 5.32 Å². The second-order valence-corrected chi connectivity index (χ2v) is 9.89. The molecule has 0 saturated carbocycles. The van der Waals surface area contributed by atoms with Crippen LogP contribution in [-0.4, -0.2) is 59.7 Å². The molecule has 0 radical (unpaired) electrons. The van der Waals surface area contributed by atoms with E-state index in [1.54, 1.807) is 6.08 Å². The Balaban J connectivity index is 1.98. The number of nitrogens with one attached hydrogen (secondary N) is 1. The Morgan fingerprint density at radius 2 is 1.94 bits per heavy atom. The average molecular weight is 478 g/mol. The van der Waals surface area contributed by atoms with Crippen LogP contribution in [0.25, 0.3) is 0 Å². The molecule has 0 bridgehead atoms. The van der Waals surface area contributed by atoms with Crippen LogP contribution >= 0.6 is 0 Å². The van der Waals surface area contributed by atoms with Gasteiger partial charge in [-0.05, 0) is 64.2 Å². The average Bonchev–Trinajstić information content (AvgIpc) is 2.75. The molecule has 1 amide bonds. The fourth-order valence-electron chi connectivity index (χ4n) is 4.44. The van der Waals surface area contributed by atoms with Crippen molar-refractivity contribution < 1.29 is 29.3 Å². The molecule has 192 valence electrons. The summed E-state index contributed by atoms with van der Waals surface area (Å²) in [7, 11) is 0. The van der Waals surface area contributed by atoms with Crippen LogP contribution in [0, 0.1) is 5.92 Å². The molecule has 7 heteroatoms. The second kappa shape index (κ2) is 15.1. The highest BCUT2D eigenvalue weighted by Crippen LogP contribution is 2.22. The van der Waals surface area contributed by atoms with Crippen LogP contribution in [0.3, 0.4) is 0 Å². The SMILES string of the molecule is C=C1C[C@H](C)CC(=O)NCCCCC(=O)O[C@H]([C@@H](O)/C=C/[C@@H]2CC(C)=CCO2)CCC[C@@H](O)C1. The van der Waals surface area contributed by atoms with Gasteiger partial charge in [-0.25, -0.2) is 0 Å². The fraction of sp³-hybridized carbons (Fsp3) is 0.704. The van der Waals surface area contributed by atoms with Crippen molar-refractivity contribution in [2.75, 3.05) is 13.2 Å². The Labute approximate surface area is 204 Å². The highest BCUT2D eigenvalue weighted by atomic mass is 16.6. The van der Waals surface area contributed by atoms with Gasteiger partial charge in [-0.1, -0.05) is 42.9 Å². The number of rotatable bonds is 3. The van der Waals surface area contributed by atoms with Crippen LogP contribution in [0.4, 0.5) is 0 Å². The minimum absolute atomic E-state index is 0.00727. The van der Waals surface area contributed by atoms with Gasteiger partial charge in [-0.15, -0.1) is 0 Å². The lowest BCUT2D eigenvalue weighted by Gasteiger charge is -2.24. The smallest absolute Gasteiger partial charge is 0.306 e. The lowest BCUT2D eigenvalue weighted by atomic mass is 9.93. The summed E-state index contributed by atoms with van der Waals surface area (Å²) in [5.41, 5.74) is 2.18. The van der Waals surface area contributed by atoms with Crippen LogP contribution in [-0.2, 0) is 19.1 Å². The van der Waals surface area contributed by atoms with Gasteiger partial charge >= 0.3 is 5.97 Å². The number of carbonyl (C=O) groups excluding carboxylic acids is 2. The first-order valence-electron chi connectivity index (χ1n) is 12.7. The maximum Gasteiger partial charge on any atom is 0.306 e. The van der Waals surface area contributed by atoms with Gasteiger partial charge in [0.25, 0.3) is 0 Å². The molecule has 2 rings (SSSR count). The summed E-state index contributed by atoms with van der Waals surface area (Å²) in [6.07, 6.45) is 8.74. The number of hydrogen-bond donors (Lipinski definition) is 3. The maximum absolute atomic E-state index is 12.4. The third-order valence-electron chi connectivity index (χ3n) is 6.30.